The zero-order valence-corrected chi connectivity index (χ0v) is 16.3. The van der Waals surface area contributed by atoms with Crippen LogP contribution in [0.15, 0.2) is 12.1 Å². The Morgan fingerprint density at radius 2 is 1.97 bits per heavy atom. The van der Waals surface area contributed by atoms with E-state index in [0.29, 0.717) is 40.6 Å². The maximum Gasteiger partial charge on any atom is 0.491 e. The summed E-state index contributed by atoms with van der Waals surface area (Å²) in [6, 6.07) is 3.50. The maximum absolute atomic E-state index is 12.8. The molecule has 2 aliphatic rings. The minimum atomic E-state index is -5.04. The minimum absolute atomic E-state index is 0.151. The number of methoxy groups -OCH3 is 2. The van der Waals surface area contributed by atoms with Crippen LogP contribution in [-0.2, 0) is 16.0 Å². The van der Waals surface area contributed by atoms with Gasteiger partial charge in [-0.25, -0.2) is 9.78 Å². The number of halogens is 3. The molecule has 1 aromatic heterocycles. The van der Waals surface area contributed by atoms with Gasteiger partial charge in [0.2, 0.25) is 0 Å². The van der Waals surface area contributed by atoms with E-state index in [0.717, 1.165) is 24.1 Å². The summed E-state index contributed by atoms with van der Waals surface area (Å²) in [5.41, 5.74) is 2.76. The fraction of sp³-hybridized carbons (Fsp3) is 0.500. The summed E-state index contributed by atoms with van der Waals surface area (Å²) >= 11 is 0. The van der Waals surface area contributed by atoms with E-state index in [2.05, 4.69) is 4.98 Å². The van der Waals surface area contributed by atoms with Gasteiger partial charge in [0.15, 0.2) is 6.23 Å². The van der Waals surface area contributed by atoms with Gasteiger partial charge in [-0.05, 0) is 31.7 Å². The van der Waals surface area contributed by atoms with Crippen molar-refractivity contribution in [2.24, 2.45) is 5.92 Å². The first-order valence-electron chi connectivity index (χ1n) is 9.32. The number of hydrogen-bond donors (Lipinski definition) is 0. The van der Waals surface area contributed by atoms with Crippen LogP contribution in [0, 0.1) is 12.8 Å². The topological polar surface area (TPSA) is 60.9 Å². The molecule has 1 fully saturated rings. The van der Waals surface area contributed by atoms with Crippen LogP contribution in [0.5, 0.6) is 11.5 Å². The highest BCUT2D eigenvalue weighted by Gasteiger charge is 2.46. The Kier molecular flexibility index (Phi) is 4.71. The van der Waals surface area contributed by atoms with Crippen molar-refractivity contribution >= 4 is 22.6 Å². The van der Waals surface area contributed by atoms with Crippen molar-refractivity contribution in [1.82, 2.24) is 4.98 Å². The Labute approximate surface area is 165 Å². The summed E-state index contributed by atoms with van der Waals surface area (Å²) in [5.74, 6) is -0.762. The molecule has 29 heavy (non-hydrogen) atoms. The molecular formula is C20H21F3N2O4. The zero-order chi connectivity index (χ0) is 20.9. The van der Waals surface area contributed by atoms with Crippen LogP contribution < -0.4 is 14.4 Å². The molecule has 1 unspecified atom stereocenters. The minimum Gasteiger partial charge on any atom is -0.497 e. The highest BCUT2D eigenvalue weighted by molar-refractivity contribution is 5.99. The van der Waals surface area contributed by atoms with E-state index in [-0.39, 0.29) is 6.42 Å². The van der Waals surface area contributed by atoms with Crippen LogP contribution in [0.3, 0.4) is 0 Å². The third-order valence-electron chi connectivity index (χ3n) is 5.40. The molecule has 0 spiro atoms. The predicted molar refractivity (Wildman–Crippen MR) is 99.3 cm³/mol. The largest absolute Gasteiger partial charge is 0.497 e. The molecule has 4 rings (SSSR count). The molecule has 0 N–H and O–H groups in total. The van der Waals surface area contributed by atoms with E-state index in [1.807, 2.05) is 0 Å². The Bertz CT molecular complexity index is 973. The summed E-state index contributed by atoms with van der Waals surface area (Å²) in [6.07, 6.45) is -3.91. The number of alkyl halides is 3. The number of ether oxygens (including phenoxy) is 3. The molecule has 1 saturated carbocycles. The lowest BCUT2D eigenvalue weighted by atomic mass is 10.1. The van der Waals surface area contributed by atoms with Crippen LogP contribution in [0.4, 0.5) is 18.9 Å². The molecule has 0 bridgehead atoms. The molecule has 156 valence electrons. The fourth-order valence-electron chi connectivity index (χ4n) is 3.81. The lowest BCUT2D eigenvalue weighted by Crippen LogP contribution is -2.40. The first kappa shape index (κ1) is 19.6. The fourth-order valence-corrected chi connectivity index (χ4v) is 3.81. The molecule has 6 nitrogen and oxygen atoms in total. The molecule has 2 aromatic rings. The third kappa shape index (κ3) is 3.54. The number of anilines is 1. The van der Waals surface area contributed by atoms with Crippen molar-refractivity contribution in [2.45, 2.75) is 38.6 Å². The molecule has 1 aromatic carbocycles. The molecular weight excluding hydrogens is 389 g/mol. The number of nitrogens with zero attached hydrogens (tertiary/aromatic N) is 2. The predicted octanol–water partition coefficient (Wildman–Crippen LogP) is 3.76. The van der Waals surface area contributed by atoms with Gasteiger partial charge >= 0.3 is 12.1 Å². The van der Waals surface area contributed by atoms with Crippen molar-refractivity contribution < 1.29 is 32.2 Å². The molecule has 0 saturated heterocycles. The number of aromatic nitrogens is 1. The second-order valence-corrected chi connectivity index (χ2v) is 7.41. The standard InChI is InChI=1S/C20H21F3N2O4/c1-10-13-8-16(29-19(26)20(21,22)23)25(9-11-4-5-11)18(13)14-6-12(27-2)7-15(28-3)17(14)24-10/h6-7,11,16H,4-5,8-9H2,1-3H3. The highest BCUT2D eigenvalue weighted by Crippen LogP contribution is 2.45. The molecule has 0 amide bonds. The smallest absolute Gasteiger partial charge is 0.491 e. The number of esters is 1. The number of fused-ring (bicyclic) bond motifs is 3. The van der Waals surface area contributed by atoms with E-state index in [9.17, 15) is 18.0 Å². The summed E-state index contributed by atoms with van der Waals surface area (Å²) in [4.78, 5) is 17.9. The number of aryl methyl sites for hydroxylation is 1. The van der Waals surface area contributed by atoms with Gasteiger partial charge in [0.1, 0.15) is 17.0 Å². The van der Waals surface area contributed by atoms with Gasteiger partial charge < -0.3 is 19.1 Å². The lowest BCUT2D eigenvalue weighted by Gasteiger charge is -2.28. The quantitative estimate of drug-likeness (QED) is 0.700. The lowest BCUT2D eigenvalue weighted by molar-refractivity contribution is -0.204. The summed E-state index contributed by atoms with van der Waals surface area (Å²) in [6.45, 7) is 2.31. The number of benzene rings is 1. The molecule has 9 heteroatoms. The van der Waals surface area contributed by atoms with Gasteiger partial charge in [0, 0.05) is 35.7 Å². The average Bonchev–Trinajstić information content (AvgIpc) is 3.42. The highest BCUT2D eigenvalue weighted by atomic mass is 19.4. The van der Waals surface area contributed by atoms with E-state index < -0.39 is 18.4 Å². The average molecular weight is 410 g/mol. The first-order valence-corrected chi connectivity index (χ1v) is 9.32. The first-order chi connectivity index (χ1) is 13.7. The summed E-state index contributed by atoms with van der Waals surface area (Å²) < 4.78 is 54.2. The van der Waals surface area contributed by atoms with Crippen molar-refractivity contribution in [1.29, 1.82) is 0 Å². The van der Waals surface area contributed by atoms with E-state index in [1.165, 1.54) is 14.2 Å². The van der Waals surface area contributed by atoms with E-state index >= 15 is 0 Å². The summed E-state index contributed by atoms with van der Waals surface area (Å²) in [7, 11) is 3.05. The van der Waals surface area contributed by atoms with Crippen LogP contribution in [0.25, 0.3) is 10.9 Å². The molecule has 0 radical (unpaired) electrons. The van der Waals surface area contributed by atoms with Crippen LogP contribution in [-0.4, -0.2) is 44.1 Å². The van der Waals surface area contributed by atoms with Crippen molar-refractivity contribution in [3.05, 3.63) is 23.4 Å². The number of rotatable bonds is 5. The van der Waals surface area contributed by atoms with Gasteiger partial charge in [-0.1, -0.05) is 0 Å². The normalized spacial score (nSPS) is 18.7. The Morgan fingerprint density at radius 3 is 2.55 bits per heavy atom. The number of hydrogen-bond acceptors (Lipinski definition) is 6. The van der Waals surface area contributed by atoms with E-state index in [4.69, 9.17) is 14.2 Å². The molecule has 1 aliphatic heterocycles. The molecule has 1 aliphatic carbocycles. The second kappa shape index (κ2) is 6.96. The van der Waals surface area contributed by atoms with Crippen molar-refractivity contribution in [3.8, 4) is 11.5 Å². The van der Waals surface area contributed by atoms with Crippen molar-refractivity contribution in [3.63, 3.8) is 0 Å². The Morgan fingerprint density at radius 1 is 1.24 bits per heavy atom. The number of pyridine rings is 1. The number of carbonyl (C=O) groups is 1. The van der Waals surface area contributed by atoms with Gasteiger partial charge in [-0.2, -0.15) is 13.2 Å². The zero-order valence-electron chi connectivity index (χ0n) is 16.3. The van der Waals surface area contributed by atoms with Gasteiger partial charge in [0.25, 0.3) is 0 Å². The van der Waals surface area contributed by atoms with Crippen LogP contribution >= 0.6 is 0 Å². The Hall–Kier alpha value is -2.71. The summed E-state index contributed by atoms with van der Waals surface area (Å²) in [5, 5.41) is 0.702. The maximum atomic E-state index is 12.8. The van der Waals surface area contributed by atoms with E-state index in [1.54, 1.807) is 24.0 Å². The second-order valence-electron chi connectivity index (χ2n) is 7.41. The van der Waals surface area contributed by atoms with Crippen LogP contribution in [0.2, 0.25) is 0 Å². The van der Waals surface area contributed by atoms with Crippen LogP contribution in [0.1, 0.15) is 24.1 Å². The Balaban J connectivity index is 1.85. The monoisotopic (exact) mass is 410 g/mol. The molecule has 2 heterocycles. The SMILES string of the molecule is COc1cc(OC)c2nc(C)c3c(c2c1)N(CC1CC1)C(OC(=O)C(F)(F)F)C3. The van der Waals surface area contributed by atoms with Gasteiger partial charge in [0.05, 0.1) is 19.9 Å². The number of carbonyl (C=O) groups excluding carboxylic acids is 1. The van der Waals surface area contributed by atoms with Crippen molar-refractivity contribution in [2.75, 3.05) is 25.7 Å². The third-order valence-corrected chi connectivity index (χ3v) is 5.40. The molecule has 1 atom stereocenters. The van der Waals surface area contributed by atoms with Gasteiger partial charge in [-0.15, -0.1) is 0 Å². The van der Waals surface area contributed by atoms with Gasteiger partial charge in [-0.3, -0.25) is 0 Å².